The Bertz CT molecular complexity index is 735. The van der Waals surface area contributed by atoms with Gasteiger partial charge in [0.1, 0.15) is 11.5 Å². The van der Waals surface area contributed by atoms with Crippen molar-refractivity contribution in [2.24, 2.45) is 0 Å². The SMILES string of the molecule is CCCCCCCCCCCCCc1ccc(/C(O)=C\c2ccc(OCC)cn2)cc1. The van der Waals surface area contributed by atoms with E-state index in [1.54, 1.807) is 12.3 Å². The Morgan fingerprint density at radius 3 is 1.97 bits per heavy atom. The summed E-state index contributed by atoms with van der Waals surface area (Å²) in [7, 11) is 0. The Labute approximate surface area is 189 Å². The fraction of sp³-hybridized carbons (Fsp3) is 0.536. The Kier molecular flexibility index (Phi) is 12.5. The maximum Gasteiger partial charge on any atom is 0.137 e. The third-order valence-corrected chi connectivity index (χ3v) is 5.67. The predicted octanol–water partition coefficient (Wildman–Crippen LogP) is 8.39. The highest BCUT2D eigenvalue weighted by Gasteiger charge is 2.02. The van der Waals surface area contributed by atoms with E-state index in [4.69, 9.17) is 4.74 Å². The summed E-state index contributed by atoms with van der Waals surface area (Å²) in [5.74, 6) is 0.976. The van der Waals surface area contributed by atoms with Gasteiger partial charge in [-0.3, -0.25) is 4.98 Å². The number of benzene rings is 1. The van der Waals surface area contributed by atoms with Crippen molar-refractivity contribution in [3.05, 3.63) is 59.4 Å². The van der Waals surface area contributed by atoms with Gasteiger partial charge in [-0.1, -0.05) is 95.4 Å². The van der Waals surface area contributed by atoms with E-state index in [0.717, 1.165) is 17.7 Å². The molecule has 0 atom stereocenters. The van der Waals surface area contributed by atoms with Crippen molar-refractivity contribution in [3.8, 4) is 5.75 Å². The molecule has 0 bridgehead atoms. The Morgan fingerprint density at radius 2 is 1.42 bits per heavy atom. The van der Waals surface area contributed by atoms with E-state index in [0.29, 0.717) is 12.3 Å². The van der Waals surface area contributed by atoms with E-state index in [1.807, 2.05) is 31.2 Å². The molecule has 2 rings (SSSR count). The molecule has 31 heavy (non-hydrogen) atoms. The number of pyridine rings is 1. The number of unbranched alkanes of at least 4 members (excludes halogenated alkanes) is 10. The highest BCUT2D eigenvalue weighted by Crippen LogP contribution is 2.18. The molecule has 0 radical (unpaired) electrons. The molecule has 0 saturated carbocycles. The first-order chi connectivity index (χ1) is 15.2. The van der Waals surface area contributed by atoms with Gasteiger partial charge in [0.15, 0.2) is 0 Å². The van der Waals surface area contributed by atoms with Crippen molar-refractivity contribution in [1.82, 2.24) is 4.98 Å². The standard InChI is InChI=1S/C28H41NO2/c1-3-5-6-7-8-9-10-11-12-13-14-15-24-16-18-25(19-17-24)28(30)22-26-20-21-27(23-29-26)31-4-2/h16-23,30H,3-15H2,1-2H3/b28-22+. The number of aryl methyl sites for hydroxylation is 1. The van der Waals surface area contributed by atoms with Crippen LogP contribution in [0.15, 0.2) is 42.6 Å². The first kappa shape index (κ1) is 25.0. The molecule has 0 aliphatic rings. The van der Waals surface area contributed by atoms with Crippen LogP contribution in [0.3, 0.4) is 0 Å². The van der Waals surface area contributed by atoms with Crippen molar-refractivity contribution < 1.29 is 9.84 Å². The Hall–Kier alpha value is -2.29. The molecule has 0 aliphatic heterocycles. The summed E-state index contributed by atoms with van der Waals surface area (Å²) in [6, 6.07) is 12.0. The molecule has 0 saturated heterocycles. The van der Waals surface area contributed by atoms with Crippen LogP contribution in [0.1, 0.15) is 101 Å². The average molecular weight is 424 g/mol. The van der Waals surface area contributed by atoms with Gasteiger partial charge in [0.2, 0.25) is 0 Å². The van der Waals surface area contributed by atoms with Crippen molar-refractivity contribution in [2.75, 3.05) is 6.61 Å². The number of hydrogen-bond acceptors (Lipinski definition) is 3. The van der Waals surface area contributed by atoms with Gasteiger partial charge in [0.05, 0.1) is 18.5 Å². The normalized spacial score (nSPS) is 11.6. The van der Waals surface area contributed by atoms with Crippen LogP contribution in [0, 0.1) is 0 Å². The van der Waals surface area contributed by atoms with Gasteiger partial charge >= 0.3 is 0 Å². The van der Waals surface area contributed by atoms with Crippen LogP contribution in [-0.2, 0) is 6.42 Å². The van der Waals surface area contributed by atoms with E-state index >= 15 is 0 Å². The average Bonchev–Trinajstić information content (AvgIpc) is 2.79. The lowest BCUT2D eigenvalue weighted by atomic mass is 10.0. The van der Waals surface area contributed by atoms with Gasteiger partial charge in [-0.2, -0.15) is 0 Å². The fourth-order valence-electron chi connectivity index (χ4n) is 3.79. The summed E-state index contributed by atoms with van der Waals surface area (Å²) in [6.07, 6.45) is 19.6. The molecule has 1 aromatic heterocycles. The first-order valence-electron chi connectivity index (χ1n) is 12.3. The molecule has 1 aromatic carbocycles. The zero-order valence-electron chi connectivity index (χ0n) is 19.6. The fourth-order valence-corrected chi connectivity index (χ4v) is 3.79. The maximum absolute atomic E-state index is 10.4. The minimum atomic E-state index is 0.234. The van der Waals surface area contributed by atoms with E-state index in [9.17, 15) is 5.11 Å². The van der Waals surface area contributed by atoms with Crippen LogP contribution in [-0.4, -0.2) is 16.7 Å². The first-order valence-corrected chi connectivity index (χ1v) is 12.3. The summed E-state index contributed by atoms with van der Waals surface area (Å²) < 4.78 is 5.40. The quantitative estimate of drug-likeness (QED) is 0.218. The van der Waals surface area contributed by atoms with E-state index in [2.05, 4.69) is 24.0 Å². The molecule has 0 spiro atoms. The second-order valence-corrected chi connectivity index (χ2v) is 8.36. The van der Waals surface area contributed by atoms with Crippen molar-refractivity contribution in [2.45, 2.75) is 90.9 Å². The zero-order chi connectivity index (χ0) is 22.2. The molecule has 0 fully saturated rings. The minimum Gasteiger partial charge on any atom is -0.507 e. The van der Waals surface area contributed by atoms with Gasteiger partial charge in [0, 0.05) is 11.6 Å². The number of aromatic nitrogens is 1. The maximum atomic E-state index is 10.4. The van der Waals surface area contributed by atoms with Crippen LogP contribution >= 0.6 is 0 Å². The van der Waals surface area contributed by atoms with Crippen molar-refractivity contribution in [3.63, 3.8) is 0 Å². The van der Waals surface area contributed by atoms with Gasteiger partial charge in [-0.05, 0) is 37.5 Å². The smallest absolute Gasteiger partial charge is 0.137 e. The van der Waals surface area contributed by atoms with Gasteiger partial charge in [-0.15, -0.1) is 0 Å². The monoisotopic (exact) mass is 423 g/mol. The second-order valence-electron chi connectivity index (χ2n) is 8.36. The molecule has 1 heterocycles. The largest absolute Gasteiger partial charge is 0.507 e. The highest BCUT2D eigenvalue weighted by molar-refractivity contribution is 5.75. The molecular weight excluding hydrogens is 382 g/mol. The summed E-state index contributed by atoms with van der Waals surface area (Å²) in [5, 5.41) is 10.4. The van der Waals surface area contributed by atoms with Crippen LogP contribution in [0.4, 0.5) is 0 Å². The van der Waals surface area contributed by atoms with Crippen molar-refractivity contribution in [1.29, 1.82) is 0 Å². The molecule has 0 unspecified atom stereocenters. The van der Waals surface area contributed by atoms with E-state index in [-0.39, 0.29) is 5.76 Å². The van der Waals surface area contributed by atoms with E-state index < -0.39 is 0 Å². The molecule has 3 nitrogen and oxygen atoms in total. The Balaban J connectivity index is 1.64. The predicted molar refractivity (Wildman–Crippen MR) is 133 cm³/mol. The summed E-state index contributed by atoms with van der Waals surface area (Å²) >= 11 is 0. The molecule has 0 amide bonds. The summed E-state index contributed by atoms with van der Waals surface area (Å²) in [5.41, 5.74) is 2.87. The van der Waals surface area contributed by atoms with Crippen LogP contribution < -0.4 is 4.74 Å². The van der Waals surface area contributed by atoms with Gasteiger partial charge in [-0.25, -0.2) is 0 Å². The van der Waals surface area contributed by atoms with E-state index in [1.165, 1.54) is 76.2 Å². The Morgan fingerprint density at radius 1 is 0.806 bits per heavy atom. The van der Waals surface area contributed by atoms with Gasteiger partial charge in [0.25, 0.3) is 0 Å². The molecular formula is C28H41NO2. The minimum absolute atomic E-state index is 0.234. The van der Waals surface area contributed by atoms with Crippen LogP contribution in [0.25, 0.3) is 11.8 Å². The molecule has 1 N–H and O–H groups in total. The highest BCUT2D eigenvalue weighted by atomic mass is 16.5. The topological polar surface area (TPSA) is 42.4 Å². The van der Waals surface area contributed by atoms with Crippen LogP contribution in [0.2, 0.25) is 0 Å². The third kappa shape index (κ3) is 10.5. The number of aliphatic hydroxyl groups is 1. The molecule has 0 aliphatic carbocycles. The number of aliphatic hydroxyl groups excluding tert-OH is 1. The molecule has 170 valence electrons. The second kappa shape index (κ2) is 15.5. The molecule has 2 aromatic rings. The lowest BCUT2D eigenvalue weighted by molar-refractivity contribution is 0.339. The van der Waals surface area contributed by atoms with Crippen molar-refractivity contribution >= 4 is 11.8 Å². The lowest BCUT2D eigenvalue weighted by Gasteiger charge is -2.06. The summed E-state index contributed by atoms with van der Waals surface area (Å²) in [6.45, 7) is 4.84. The third-order valence-electron chi connectivity index (χ3n) is 5.67. The lowest BCUT2D eigenvalue weighted by Crippen LogP contribution is -1.93. The zero-order valence-corrected chi connectivity index (χ0v) is 19.6. The van der Waals surface area contributed by atoms with Crippen LogP contribution in [0.5, 0.6) is 5.75 Å². The number of rotatable bonds is 16. The summed E-state index contributed by atoms with van der Waals surface area (Å²) in [4.78, 5) is 4.31. The van der Waals surface area contributed by atoms with Gasteiger partial charge < -0.3 is 9.84 Å². The number of ether oxygens (including phenoxy) is 1. The number of nitrogens with zero attached hydrogens (tertiary/aromatic N) is 1. The molecule has 3 heteroatoms. The number of hydrogen-bond donors (Lipinski definition) is 1.